The van der Waals surface area contributed by atoms with Gasteiger partial charge in [-0.25, -0.2) is 22.9 Å². The lowest BCUT2D eigenvalue weighted by Gasteiger charge is -2.63. The van der Waals surface area contributed by atoms with Gasteiger partial charge in [-0.1, -0.05) is 12.1 Å². The molecule has 5 fully saturated rings. The van der Waals surface area contributed by atoms with Gasteiger partial charge in [0.15, 0.2) is 5.82 Å². The number of primary amides is 1. The van der Waals surface area contributed by atoms with E-state index in [4.69, 9.17) is 5.73 Å². The number of nitrogens with zero attached hydrogens (tertiary/aromatic N) is 6. The van der Waals surface area contributed by atoms with Crippen molar-refractivity contribution in [2.75, 3.05) is 39.3 Å². The normalized spacial score (nSPS) is 24.7. The van der Waals surface area contributed by atoms with Crippen LogP contribution in [0.15, 0.2) is 35.5 Å². The number of urea groups is 1. The van der Waals surface area contributed by atoms with Crippen LogP contribution in [0.5, 0.6) is 0 Å². The van der Waals surface area contributed by atoms with Crippen molar-refractivity contribution in [1.29, 1.82) is 0 Å². The monoisotopic (exact) mass is 511 g/mol. The molecule has 0 radical (unpaired) electrons. The Labute approximate surface area is 209 Å². The van der Waals surface area contributed by atoms with Crippen molar-refractivity contribution in [2.24, 2.45) is 16.6 Å². The number of carbonyl (C=O) groups excluding carboxylic acids is 2. The minimum Gasteiger partial charge on any atom is -0.366 e. The summed E-state index contributed by atoms with van der Waals surface area (Å²) in [5.41, 5.74) is 5.39. The molecule has 12 heteroatoms. The van der Waals surface area contributed by atoms with E-state index in [0.29, 0.717) is 38.1 Å². The molecule has 4 heterocycles. The Morgan fingerprint density at radius 1 is 0.944 bits per heavy atom. The van der Waals surface area contributed by atoms with E-state index in [1.165, 1.54) is 29.3 Å². The fourth-order valence-corrected chi connectivity index (χ4v) is 8.34. The molecule has 7 rings (SSSR count). The van der Waals surface area contributed by atoms with Crippen molar-refractivity contribution in [3.63, 3.8) is 0 Å². The third-order valence-electron chi connectivity index (χ3n) is 8.62. The van der Waals surface area contributed by atoms with Crippen molar-refractivity contribution < 1.29 is 18.0 Å². The van der Waals surface area contributed by atoms with Gasteiger partial charge in [0, 0.05) is 56.0 Å². The molecule has 0 unspecified atom stereocenters. The van der Waals surface area contributed by atoms with E-state index in [0.717, 1.165) is 31.8 Å². The lowest BCUT2D eigenvalue weighted by Crippen LogP contribution is -2.76. The van der Waals surface area contributed by atoms with Gasteiger partial charge in [0.05, 0.1) is 16.5 Å². The number of hydrogen-bond donors (Lipinski definition) is 1. The van der Waals surface area contributed by atoms with Crippen LogP contribution < -0.4 is 5.73 Å². The molecule has 1 aromatic carbocycles. The second-order valence-corrected chi connectivity index (χ2v) is 13.5. The molecule has 3 amide bonds. The lowest BCUT2D eigenvalue weighted by molar-refractivity contribution is -0.101. The highest BCUT2D eigenvalue weighted by Crippen LogP contribution is 2.54. The molecular weight excluding hydrogens is 482 g/mol. The van der Waals surface area contributed by atoms with Crippen LogP contribution in [-0.2, 0) is 10.0 Å². The fraction of sp³-hybridized carbons (Fsp3) is 0.583. The molecule has 190 valence electrons. The third kappa shape index (κ3) is 3.30. The standard InChI is InChI=1S/C24H29N7O4S/c25-20(32)18-3-1-2-4-19(18)36(34,35)30-13-24(14-30)11-29(12-24)22(33)28-9-23(10-28)7-17(8-23)31-15-26-21(27-31)16-5-6-16/h1-4,15-17H,5-14H2,(H2,25,32). The van der Waals surface area contributed by atoms with Gasteiger partial charge >= 0.3 is 6.03 Å². The Morgan fingerprint density at radius 2 is 1.58 bits per heavy atom. The molecule has 2 aliphatic carbocycles. The van der Waals surface area contributed by atoms with E-state index in [9.17, 15) is 18.0 Å². The second-order valence-electron chi connectivity index (χ2n) is 11.5. The maximum absolute atomic E-state index is 13.0. The van der Waals surface area contributed by atoms with E-state index in [2.05, 4.69) is 10.1 Å². The van der Waals surface area contributed by atoms with Gasteiger partial charge in [-0.05, 0) is 37.8 Å². The van der Waals surface area contributed by atoms with Gasteiger partial charge in [-0.3, -0.25) is 4.79 Å². The van der Waals surface area contributed by atoms with Gasteiger partial charge in [0.2, 0.25) is 15.9 Å². The molecule has 3 aliphatic heterocycles. The lowest BCUT2D eigenvalue weighted by atomic mass is 9.60. The van der Waals surface area contributed by atoms with Crippen LogP contribution in [-0.4, -0.2) is 88.5 Å². The Kier molecular flexibility index (Phi) is 4.50. The molecule has 2 spiro atoms. The van der Waals surface area contributed by atoms with E-state index in [1.54, 1.807) is 12.1 Å². The van der Waals surface area contributed by atoms with Gasteiger partial charge in [-0.15, -0.1) is 0 Å². The number of benzene rings is 1. The number of rotatable bonds is 5. The average molecular weight is 512 g/mol. The smallest absolute Gasteiger partial charge is 0.320 e. The Bertz CT molecular complexity index is 1360. The molecule has 2 aromatic rings. The Hall–Kier alpha value is -2.99. The predicted octanol–water partition coefficient (Wildman–Crippen LogP) is 1.02. The summed E-state index contributed by atoms with van der Waals surface area (Å²) in [6.45, 7) is 3.37. The number of amides is 3. The minimum absolute atomic E-state index is 0.000911. The van der Waals surface area contributed by atoms with Crippen LogP contribution in [0.25, 0.3) is 0 Å². The van der Waals surface area contributed by atoms with E-state index in [1.807, 2.05) is 20.8 Å². The molecule has 2 N–H and O–H groups in total. The van der Waals surface area contributed by atoms with Crippen LogP contribution in [0, 0.1) is 10.8 Å². The van der Waals surface area contributed by atoms with Crippen LogP contribution in [0.1, 0.15) is 53.8 Å². The zero-order chi connectivity index (χ0) is 24.9. The number of sulfonamides is 1. The van der Waals surface area contributed by atoms with E-state index < -0.39 is 15.9 Å². The maximum Gasteiger partial charge on any atom is 0.320 e. The zero-order valence-electron chi connectivity index (χ0n) is 19.9. The number of aromatic nitrogens is 3. The Balaban J connectivity index is 0.898. The SMILES string of the molecule is NC(=O)c1ccccc1S(=O)(=O)N1CC2(CN(C(=O)N3CC4(CC(n5cnc(C6CC6)n5)C4)C3)C2)C1. The topological polar surface area (TPSA) is 135 Å². The summed E-state index contributed by atoms with van der Waals surface area (Å²) in [7, 11) is -3.80. The number of carbonyl (C=O) groups is 2. The summed E-state index contributed by atoms with van der Waals surface area (Å²) < 4.78 is 29.5. The summed E-state index contributed by atoms with van der Waals surface area (Å²) in [6, 6.07) is 6.45. The molecule has 2 saturated carbocycles. The van der Waals surface area contributed by atoms with Gasteiger partial charge in [-0.2, -0.15) is 9.40 Å². The molecule has 3 saturated heterocycles. The summed E-state index contributed by atoms with van der Waals surface area (Å²) in [5, 5.41) is 4.66. The second kappa shape index (κ2) is 7.28. The minimum atomic E-state index is -3.80. The summed E-state index contributed by atoms with van der Waals surface area (Å²) in [6.07, 6.45) is 6.33. The first kappa shape index (κ1) is 22.2. The molecule has 36 heavy (non-hydrogen) atoms. The fourth-order valence-electron chi connectivity index (χ4n) is 6.48. The van der Waals surface area contributed by atoms with Crippen LogP contribution in [0.3, 0.4) is 0 Å². The molecule has 0 bridgehead atoms. The number of hydrogen-bond acceptors (Lipinski definition) is 6. The zero-order valence-corrected chi connectivity index (χ0v) is 20.7. The van der Waals surface area contributed by atoms with Crippen molar-refractivity contribution in [3.8, 4) is 0 Å². The summed E-state index contributed by atoms with van der Waals surface area (Å²) in [4.78, 5) is 32.8. The highest BCUT2D eigenvalue weighted by atomic mass is 32.2. The highest BCUT2D eigenvalue weighted by Gasteiger charge is 2.60. The first-order valence-electron chi connectivity index (χ1n) is 12.5. The largest absolute Gasteiger partial charge is 0.366 e. The van der Waals surface area contributed by atoms with Gasteiger partial charge < -0.3 is 15.5 Å². The van der Waals surface area contributed by atoms with Crippen LogP contribution >= 0.6 is 0 Å². The average Bonchev–Trinajstić information content (AvgIpc) is 3.47. The Morgan fingerprint density at radius 3 is 2.22 bits per heavy atom. The van der Waals surface area contributed by atoms with Gasteiger partial charge in [0.1, 0.15) is 6.33 Å². The first-order chi connectivity index (χ1) is 17.2. The first-order valence-corrected chi connectivity index (χ1v) is 14.0. The summed E-state index contributed by atoms with van der Waals surface area (Å²) >= 11 is 0. The molecule has 1 aromatic heterocycles. The third-order valence-corrected chi connectivity index (χ3v) is 10.5. The van der Waals surface area contributed by atoms with Crippen LogP contribution in [0.2, 0.25) is 0 Å². The van der Waals surface area contributed by atoms with Crippen LogP contribution in [0.4, 0.5) is 4.79 Å². The number of nitrogens with two attached hydrogens (primary N) is 1. The maximum atomic E-state index is 13.0. The van der Waals surface area contributed by atoms with E-state index >= 15 is 0 Å². The van der Waals surface area contributed by atoms with E-state index in [-0.39, 0.29) is 27.3 Å². The summed E-state index contributed by atoms with van der Waals surface area (Å²) in [5.74, 6) is 0.775. The quantitative estimate of drug-likeness (QED) is 0.637. The van der Waals surface area contributed by atoms with Crippen molar-refractivity contribution in [3.05, 3.63) is 42.0 Å². The van der Waals surface area contributed by atoms with Gasteiger partial charge in [0.25, 0.3) is 0 Å². The highest BCUT2D eigenvalue weighted by molar-refractivity contribution is 7.89. The molecule has 5 aliphatic rings. The van der Waals surface area contributed by atoms with Crippen molar-refractivity contribution in [2.45, 2.75) is 42.5 Å². The van der Waals surface area contributed by atoms with Crippen molar-refractivity contribution >= 4 is 22.0 Å². The predicted molar refractivity (Wildman–Crippen MR) is 127 cm³/mol. The molecular formula is C24H29N7O4S. The number of likely N-dealkylation sites (tertiary alicyclic amines) is 2. The molecule has 0 atom stereocenters. The van der Waals surface area contributed by atoms with Crippen molar-refractivity contribution in [1.82, 2.24) is 28.9 Å². The molecule has 11 nitrogen and oxygen atoms in total.